The summed E-state index contributed by atoms with van der Waals surface area (Å²) in [5.41, 5.74) is 3.66. The van der Waals surface area contributed by atoms with Crippen LogP contribution >= 0.6 is 0 Å². The fourth-order valence-electron chi connectivity index (χ4n) is 4.40. The van der Waals surface area contributed by atoms with Crippen molar-refractivity contribution in [3.63, 3.8) is 0 Å². The largest absolute Gasteiger partial charge is 0.480 e. The Bertz CT molecular complexity index is 600. The van der Waals surface area contributed by atoms with Crippen LogP contribution in [0.5, 0.6) is 5.75 Å². The highest BCUT2D eigenvalue weighted by Gasteiger charge is 2.39. The summed E-state index contributed by atoms with van der Waals surface area (Å²) in [6, 6.07) is 5.80. The summed E-state index contributed by atoms with van der Waals surface area (Å²) >= 11 is 0. The molecule has 2 bridgehead atoms. The molecule has 0 aromatic heterocycles. The first-order chi connectivity index (χ1) is 11.0. The van der Waals surface area contributed by atoms with Crippen LogP contribution in [-0.2, 0) is 11.2 Å². The Morgan fingerprint density at radius 1 is 1.17 bits per heavy atom. The number of likely N-dealkylation sites (N-methyl/N-ethyl adjacent to an activating group) is 1. The van der Waals surface area contributed by atoms with Crippen molar-refractivity contribution in [1.82, 2.24) is 10.2 Å². The van der Waals surface area contributed by atoms with Gasteiger partial charge >= 0.3 is 0 Å². The number of amides is 1. The van der Waals surface area contributed by atoms with Crippen LogP contribution in [0.4, 0.5) is 0 Å². The standard InChI is InChI=1S/C19H26N2O2/c1-11-6-13-8-18(23-17(13)7-12(11)2)19(22)21(3)16-9-14-4-5-15(10-16)20-14/h6-7,14-16,18,20H,4-5,8-10H2,1-3H3. The molecule has 3 aliphatic heterocycles. The van der Waals surface area contributed by atoms with Gasteiger partial charge in [0.15, 0.2) is 6.10 Å². The molecular weight excluding hydrogens is 288 g/mol. The minimum atomic E-state index is -0.344. The molecule has 0 radical (unpaired) electrons. The molecule has 1 amide bonds. The van der Waals surface area contributed by atoms with Gasteiger partial charge in [0.25, 0.3) is 5.91 Å². The fraction of sp³-hybridized carbons (Fsp3) is 0.632. The molecule has 0 aliphatic carbocycles. The van der Waals surface area contributed by atoms with E-state index in [0.29, 0.717) is 24.5 Å². The maximum absolute atomic E-state index is 12.9. The van der Waals surface area contributed by atoms with Crippen LogP contribution in [0.1, 0.15) is 42.4 Å². The number of carbonyl (C=O) groups is 1. The molecular formula is C19H26N2O2. The maximum atomic E-state index is 12.9. The maximum Gasteiger partial charge on any atom is 0.263 e. The third kappa shape index (κ3) is 2.63. The second kappa shape index (κ2) is 5.52. The van der Waals surface area contributed by atoms with Gasteiger partial charge in [-0.3, -0.25) is 4.79 Å². The summed E-state index contributed by atoms with van der Waals surface area (Å²) in [6.45, 7) is 4.20. The van der Waals surface area contributed by atoms with Crippen molar-refractivity contribution < 1.29 is 9.53 Å². The van der Waals surface area contributed by atoms with Crippen molar-refractivity contribution in [2.24, 2.45) is 0 Å². The summed E-state index contributed by atoms with van der Waals surface area (Å²) < 4.78 is 5.98. The first-order valence-corrected chi connectivity index (χ1v) is 8.80. The number of benzene rings is 1. The zero-order valence-electron chi connectivity index (χ0n) is 14.3. The first kappa shape index (κ1) is 15.0. The zero-order valence-corrected chi connectivity index (χ0v) is 14.3. The number of rotatable bonds is 2. The first-order valence-electron chi connectivity index (χ1n) is 8.80. The van der Waals surface area contributed by atoms with E-state index in [1.54, 1.807) is 0 Å². The van der Waals surface area contributed by atoms with Gasteiger partial charge in [0, 0.05) is 31.6 Å². The van der Waals surface area contributed by atoms with Gasteiger partial charge in [-0.05, 0) is 62.3 Å². The van der Waals surface area contributed by atoms with Gasteiger partial charge in [-0.1, -0.05) is 6.07 Å². The molecule has 2 saturated heterocycles. The molecule has 3 unspecified atom stereocenters. The predicted molar refractivity (Wildman–Crippen MR) is 89.8 cm³/mol. The van der Waals surface area contributed by atoms with Crippen LogP contribution in [-0.4, -0.2) is 42.1 Å². The Labute approximate surface area is 138 Å². The minimum absolute atomic E-state index is 0.141. The summed E-state index contributed by atoms with van der Waals surface area (Å²) in [5.74, 6) is 1.04. The van der Waals surface area contributed by atoms with Crippen molar-refractivity contribution in [3.05, 3.63) is 28.8 Å². The molecule has 1 N–H and O–H groups in total. The van der Waals surface area contributed by atoms with E-state index in [4.69, 9.17) is 4.74 Å². The number of nitrogens with zero attached hydrogens (tertiary/aromatic N) is 1. The summed E-state index contributed by atoms with van der Waals surface area (Å²) in [5, 5.41) is 3.64. The third-order valence-corrected chi connectivity index (χ3v) is 5.97. The molecule has 0 spiro atoms. The molecule has 4 nitrogen and oxygen atoms in total. The Hall–Kier alpha value is -1.55. The predicted octanol–water partition coefficient (Wildman–Crippen LogP) is 2.35. The van der Waals surface area contributed by atoms with E-state index < -0.39 is 0 Å². The normalized spacial score (nSPS) is 31.6. The summed E-state index contributed by atoms with van der Waals surface area (Å²) in [6.07, 6.45) is 5.04. The van der Waals surface area contributed by atoms with Crippen molar-refractivity contribution in [3.8, 4) is 5.75 Å². The topological polar surface area (TPSA) is 41.6 Å². The number of ether oxygens (including phenoxy) is 1. The van der Waals surface area contributed by atoms with E-state index >= 15 is 0 Å². The van der Waals surface area contributed by atoms with Crippen LogP contribution in [0.15, 0.2) is 12.1 Å². The number of carbonyl (C=O) groups excluding carboxylic acids is 1. The van der Waals surface area contributed by atoms with Gasteiger partial charge in [0.1, 0.15) is 5.75 Å². The Morgan fingerprint density at radius 3 is 2.52 bits per heavy atom. The van der Waals surface area contributed by atoms with Crippen molar-refractivity contribution in [2.45, 2.75) is 70.2 Å². The molecule has 23 heavy (non-hydrogen) atoms. The summed E-state index contributed by atoms with van der Waals surface area (Å²) in [4.78, 5) is 14.9. The molecule has 1 aromatic rings. The number of piperidine rings is 1. The van der Waals surface area contributed by atoms with Gasteiger partial charge in [-0.25, -0.2) is 0 Å². The lowest BCUT2D eigenvalue weighted by Crippen LogP contribution is -2.51. The molecule has 2 fully saturated rings. The Balaban J connectivity index is 1.45. The van der Waals surface area contributed by atoms with Crippen LogP contribution < -0.4 is 10.1 Å². The van der Waals surface area contributed by atoms with Crippen LogP contribution in [0.25, 0.3) is 0 Å². The zero-order chi connectivity index (χ0) is 16.1. The highest BCUT2D eigenvalue weighted by Crippen LogP contribution is 2.34. The average Bonchev–Trinajstić information content (AvgIpc) is 3.09. The van der Waals surface area contributed by atoms with Gasteiger partial charge in [0.05, 0.1) is 0 Å². The smallest absolute Gasteiger partial charge is 0.263 e. The van der Waals surface area contributed by atoms with E-state index in [1.807, 2.05) is 11.9 Å². The summed E-state index contributed by atoms with van der Waals surface area (Å²) in [7, 11) is 1.96. The molecule has 124 valence electrons. The quantitative estimate of drug-likeness (QED) is 0.911. The van der Waals surface area contributed by atoms with E-state index in [1.165, 1.54) is 29.5 Å². The van der Waals surface area contributed by atoms with E-state index in [0.717, 1.165) is 18.6 Å². The van der Waals surface area contributed by atoms with Crippen LogP contribution in [0.2, 0.25) is 0 Å². The van der Waals surface area contributed by atoms with Crippen LogP contribution in [0.3, 0.4) is 0 Å². The molecule has 1 aromatic carbocycles. The monoisotopic (exact) mass is 314 g/mol. The molecule has 0 saturated carbocycles. The van der Waals surface area contributed by atoms with Crippen molar-refractivity contribution in [1.29, 1.82) is 0 Å². The second-order valence-corrected chi connectivity index (χ2v) is 7.57. The number of nitrogens with one attached hydrogen (secondary N) is 1. The molecule has 3 atom stereocenters. The van der Waals surface area contributed by atoms with Crippen molar-refractivity contribution >= 4 is 5.91 Å². The number of aryl methyl sites for hydroxylation is 2. The van der Waals surface area contributed by atoms with Crippen molar-refractivity contribution in [2.75, 3.05) is 7.05 Å². The highest BCUT2D eigenvalue weighted by atomic mass is 16.5. The lowest BCUT2D eigenvalue weighted by molar-refractivity contribution is -0.139. The fourth-order valence-corrected chi connectivity index (χ4v) is 4.40. The molecule has 3 aliphatic rings. The lowest BCUT2D eigenvalue weighted by atomic mass is 9.97. The van der Waals surface area contributed by atoms with Crippen LogP contribution in [0, 0.1) is 13.8 Å². The van der Waals surface area contributed by atoms with E-state index in [9.17, 15) is 4.79 Å². The SMILES string of the molecule is Cc1cc2c(cc1C)OC(C(=O)N(C)C1CC3CCC(C1)N3)C2. The van der Waals surface area contributed by atoms with E-state index in [-0.39, 0.29) is 12.0 Å². The van der Waals surface area contributed by atoms with Gasteiger partial charge < -0.3 is 15.0 Å². The molecule has 4 heteroatoms. The number of hydrogen-bond donors (Lipinski definition) is 1. The second-order valence-electron chi connectivity index (χ2n) is 7.57. The lowest BCUT2D eigenvalue weighted by Gasteiger charge is -2.36. The van der Waals surface area contributed by atoms with Gasteiger partial charge in [-0.2, -0.15) is 0 Å². The third-order valence-electron chi connectivity index (χ3n) is 5.97. The van der Waals surface area contributed by atoms with Gasteiger partial charge in [0.2, 0.25) is 0 Å². The number of fused-ring (bicyclic) bond motifs is 3. The molecule has 3 heterocycles. The average molecular weight is 314 g/mol. The minimum Gasteiger partial charge on any atom is -0.480 e. The van der Waals surface area contributed by atoms with Gasteiger partial charge in [-0.15, -0.1) is 0 Å². The Kier molecular flexibility index (Phi) is 3.60. The highest BCUT2D eigenvalue weighted by molar-refractivity contribution is 5.82. The van der Waals surface area contributed by atoms with E-state index in [2.05, 4.69) is 31.3 Å². The Morgan fingerprint density at radius 2 is 1.83 bits per heavy atom. The molecule has 4 rings (SSSR count). The number of hydrogen-bond acceptors (Lipinski definition) is 3.